The van der Waals surface area contributed by atoms with Gasteiger partial charge in [0.05, 0.1) is 32.0 Å². The van der Waals surface area contributed by atoms with Crippen molar-refractivity contribution >= 4 is 5.82 Å². The quantitative estimate of drug-likeness (QED) is 0.814. The van der Waals surface area contributed by atoms with Gasteiger partial charge in [-0.2, -0.15) is 0 Å². The fourth-order valence-electron chi connectivity index (χ4n) is 4.28. The Kier molecular flexibility index (Phi) is 5.05. The predicted molar refractivity (Wildman–Crippen MR) is 94.1 cm³/mol. The van der Waals surface area contributed by atoms with E-state index in [9.17, 15) is 0 Å². The molecular formula is C18H28N4O3. The second-order valence-electron chi connectivity index (χ2n) is 7.32. The number of aromatic nitrogens is 2. The average Bonchev–Trinajstić information content (AvgIpc) is 3.06. The molecule has 3 aliphatic heterocycles. The monoisotopic (exact) mass is 348 g/mol. The molecule has 138 valence electrons. The van der Waals surface area contributed by atoms with Gasteiger partial charge in [0.2, 0.25) is 5.88 Å². The number of hydrogen-bond acceptors (Lipinski definition) is 7. The molecule has 0 radical (unpaired) electrons. The maximum atomic E-state index is 6.65. The highest BCUT2D eigenvalue weighted by Gasteiger charge is 2.43. The van der Waals surface area contributed by atoms with Crippen LogP contribution >= 0.6 is 0 Å². The predicted octanol–water partition coefficient (Wildman–Crippen LogP) is 1.34. The van der Waals surface area contributed by atoms with E-state index in [4.69, 9.17) is 14.2 Å². The number of anilines is 1. The van der Waals surface area contributed by atoms with E-state index in [0.717, 1.165) is 64.6 Å². The van der Waals surface area contributed by atoms with Crippen LogP contribution < -0.4 is 9.64 Å². The fraction of sp³-hybridized carbons (Fsp3) is 0.778. The van der Waals surface area contributed by atoms with E-state index in [1.165, 1.54) is 12.8 Å². The smallest absolute Gasteiger partial charge is 0.218 e. The summed E-state index contributed by atoms with van der Waals surface area (Å²) in [5, 5.41) is 0. The van der Waals surface area contributed by atoms with Crippen LogP contribution in [0.5, 0.6) is 5.88 Å². The van der Waals surface area contributed by atoms with Crippen molar-refractivity contribution in [3.05, 3.63) is 12.4 Å². The van der Waals surface area contributed by atoms with Crippen LogP contribution in [0.1, 0.15) is 25.7 Å². The molecule has 0 N–H and O–H groups in total. The zero-order chi connectivity index (χ0) is 17.1. The van der Waals surface area contributed by atoms with Crippen molar-refractivity contribution in [2.75, 3.05) is 57.9 Å². The third-order valence-electron chi connectivity index (χ3n) is 5.62. The zero-order valence-corrected chi connectivity index (χ0v) is 15.0. The number of methoxy groups -OCH3 is 1. The molecule has 7 heteroatoms. The first-order valence-electron chi connectivity index (χ1n) is 9.35. The Labute approximate surface area is 149 Å². The number of morpholine rings is 1. The first-order valence-corrected chi connectivity index (χ1v) is 9.35. The third kappa shape index (κ3) is 3.88. The Hall–Kier alpha value is -1.44. The van der Waals surface area contributed by atoms with E-state index in [0.29, 0.717) is 12.0 Å². The second-order valence-corrected chi connectivity index (χ2v) is 7.32. The molecule has 1 aromatic rings. The molecule has 25 heavy (non-hydrogen) atoms. The van der Waals surface area contributed by atoms with Crippen molar-refractivity contribution in [1.29, 1.82) is 0 Å². The van der Waals surface area contributed by atoms with Crippen molar-refractivity contribution in [3.8, 4) is 5.88 Å². The lowest BCUT2D eigenvalue weighted by atomic mass is 9.90. The number of rotatable bonds is 4. The van der Waals surface area contributed by atoms with Gasteiger partial charge in [0.25, 0.3) is 0 Å². The van der Waals surface area contributed by atoms with Gasteiger partial charge >= 0.3 is 0 Å². The highest BCUT2D eigenvalue weighted by Crippen LogP contribution is 2.38. The minimum atomic E-state index is -0.0204. The van der Waals surface area contributed by atoms with Crippen LogP contribution in [0.25, 0.3) is 0 Å². The van der Waals surface area contributed by atoms with Gasteiger partial charge in [0.1, 0.15) is 12.1 Å². The molecule has 3 saturated heterocycles. The minimum absolute atomic E-state index is 0.0204. The van der Waals surface area contributed by atoms with Crippen molar-refractivity contribution in [2.24, 2.45) is 0 Å². The molecule has 0 aromatic carbocycles. The third-order valence-corrected chi connectivity index (χ3v) is 5.62. The zero-order valence-electron chi connectivity index (χ0n) is 15.0. The van der Waals surface area contributed by atoms with Crippen LogP contribution in [-0.4, -0.2) is 79.6 Å². The highest BCUT2D eigenvalue weighted by atomic mass is 16.5. The van der Waals surface area contributed by atoms with E-state index >= 15 is 0 Å². The summed E-state index contributed by atoms with van der Waals surface area (Å²) in [6.45, 7) is 6.67. The molecule has 3 aliphatic rings. The molecule has 7 nitrogen and oxygen atoms in total. The van der Waals surface area contributed by atoms with Gasteiger partial charge < -0.3 is 19.1 Å². The van der Waals surface area contributed by atoms with Gasteiger partial charge in [-0.15, -0.1) is 0 Å². The fourth-order valence-corrected chi connectivity index (χ4v) is 4.28. The molecule has 4 rings (SSSR count). The van der Waals surface area contributed by atoms with Gasteiger partial charge in [-0.25, -0.2) is 9.97 Å². The minimum Gasteiger partial charge on any atom is -0.481 e. The van der Waals surface area contributed by atoms with Crippen LogP contribution in [0, 0.1) is 0 Å². The molecule has 0 unspecified atom stereocenters. The van der Waals surface area contributed by atoms with Crippen molar-refractivity contribution in [1.82, 2.24) is 14.9 Å². The van der Waals surface area contributed by atoms with Crippen LogP contribution in [0.3, 0.4) is 0 Å². The normalized spacial score (nSPS) is 30.8. The number of hydrogen-bond donors (Lipinski definition) is 0. The first-order chi connectivity index (χ1) is 12.3. The molecule has 3 fully saturated rings. The molecule has 1 spiro atoms. The molecule has 0 bridgehead atoms. The van der Waals surface area contributed by atoms with Crippen LogP contribution in [-0.2, 0) is 9.47 Å². The van der Waals surface area contributed by atoms with Crippen molar-refractivity contribution < 1.29 is 14.2 Å². The summed E-state index contributed by atoms with van der Waals surface area (Å²) < 4.78 is 17.3. The first kappa shape index (κ1) is 17.0. The molecule has 0 saturated carbocycles. The lowest BCUT2D eigenvalue weighted by molar-refractivity contribution is -0.127. The van der Waals surface area contributed by atoms with E-state index in [-0.39, 0.29) is 5.60 Å². The average molecular weight is 348 g/mol. The van der Waals surface area contributed by atoms with Crippen LogP contribution in [0.2, 0.25) is 0 Å². The SMILES string of the molecule is COc1cc(N2CC[C@]3(CCC[C@@H](CN4CCOCC4)O3)C2)ncn1. The summed E-state index contributed by atoms with van der Waals surface area (Å²) in [6.07, 6.45) is 6.54. The summed E-state index contributed by atoms with van der Waals surface area (Å²) in [6, 6.07) is 1.91. The molecule has 1 aromatic heterocycles. The lowest BCUT2D eigenvalue weighted by Gasteiger charge is -2.41. The van der Waals surface area contributed by atoms with E-state index in [2.05, 4.69) is 19.8 Å². The lowest BCUT2D eigenvalue weighted by Crippen LogP contribution is -2.48. The van der Waals surface area contributed by atoms with Crippen LogP contribution in [0.4, 0.5) is 5.82 Å². The Bertz CT molecular complexity index is 581. The van der Waals surface area contributed by atoms with Gasteiger partial charge in [-0.05, 0) is 25.7 Å². The molecular weight excluding hydrogens is 320 g/mol. The summed E-state index contributed by atoms with van der Waals surface area (Å²) in [7, 11) is 1.64. The second kappa shape index (κ2) is 7.43. The van der Waals surface area contributed by atoms with Gasteiger partial charge in [-0.1, -0.05) is 0 Å². The largest absolute Gasteiger partial charge is 0.481 e. The van der Waals surface area contributed by atoms with Gasteiger partial charge in [0, 0.05) is 38.8 Å². The van der Waals surface area contributed by atoms with Crippen molar-refractivity contribution in [3.63, 3.8) is 0 Å². The molecule has 4 heterocycles. The summed E-state index contributed by atoms with van der Waals surface area (Å²) in [5.74, 6) is 1.54. The van der Waals surface area contributed by atoms with Crippen LogP contribution in [0.15, 0.2) is 12.4 Å². The van der Waals surface area contributed by atoms with Crippen molar-refractivity contribution in [2.45, 2.75) is 37.4 Å². The standard InChI is InChI=1S/C18H28N4O3/c1-23-17-11-16(19-14-20-17)22-6-5-18(13-22)4-2-3-15(25-18)12-21-7-9-24-10-8-21/h11,14-15H,2-10,12-13H2,1H3/t15-,18+/m0/s1. The molecule has 2 atom stereocenters. The summed E-state index contributed by atoms with van der Waals surface area (Å²) in [5.41, 5.74) is -0.0204. The number of nitrogens with zero attached hydrogens (tertiary/aromatic N) is 4. The van der Waals surface area contributed by atoms with E-state index in [1.54, 1.807) is 13.4 Å². The summed E-state index contributed by atoms with van der Waals surface area (Å²) >= 11 is 0. The Morgan fingerprint density at radius 1 is 1.24 bits per heavy atom. The van der Waals surface area contributed by atoms with E-state index in [1.807, 2.05) is 6.07 Å². The molecule has 0 aliphatic carbocycles. The maximum absolute atomic E-state index is 6.65. The van der Waals surface area contributed by atoms with Gasteiger partial charge in [-0.3, -0.25) is 4.90 Å². The molecule has 0 amide bonds. The highest BCUT2D eigenvalue weighted by molar-refractivity contribution is 5.43. The Morgan fingerprint density at radius 3 is 2.96 bits per heavy atom. The Morgan fingerprint density at radius 2 is 2.12 bits per heavy atom. The summed E-state index contributed by atoms with van der Waals surface area (Å²) in [4.78, 5) is 13.3. The maximum Gasteiger partial charge on any atom is 0.218 e. The Balaban J connectivity index is 1.38. The number of ether oxygens (including phenoxy) is 3. The van der Waals surface area contributed by atoms with E-state index < -0.39 is 0 Å². The van der Waals surface area contributed by atoms with Gasteiger partial charge in [0.15, 0.2) is 0 Å². The topological polar surface area (TPSA) is 60.0 Å².